The third-order valence-electron chi connectivity index (χ3n) is 10.2. The number of carboxylic acids is 1. The van der Waals surface area contributed by atoms with E-state index in [0.717, 1.165) is 135 Å². The molecule has 3 unspecified atom stereocenters. The number of carbonyl (C=O) groups excluding carboxylic acids is 4. The van der Waals surface area contributed by atoms with Gasteiger partial charge >= 0.3 is 5.97 Å². The number of amides is 4. The van der Waals surface area contributed by atoms with Gasteiger partial charge in [0.05, 0.1) is 6.04 Å². The van der Waals surface area contributed by atoms with Crippen molar-refractivity contribution in [3.8, 4) is 0 Å². The van der Waals surface area contributed by atoms with Gasteiger partial charge in [0, 0.05) is 25.9 Å². The summed E-state index contributed by atoms with van der Waals surface area (Å²) < 4.78 is 0. The summed E-state index contributed by atoms with van der Waals surface area (Å²) in [6.07, 6.45) is 26.1. The standard InChI is InChI=1S/C42H84N8O6/c43-30-20-17-25-35(46)40(53)47-33-23-13-9-5-1-3-7-11-15-28-38(51)49-36(26-18-21-31-44)41(54)48-34-24-14-10-6-2-4-8-12-16-29-39(52)50-37(42(55)56)27-19-22-32-45/h35-37H,1-34,43-46H2,(H,47,53)(H,48,54)(H,49,51)(H,50,52)(H,55,56). The zero-order valence-corrected chi connectivity index (χ0v) is 35.1. The molecule has 0 aliphatic heterocycles. The van der Waals surface area contributed by atoms with Gasteiger partial charge in [-0.3, -0.25) is 19.2 Å². The van der Waals surface area contributed by atoms with Crippen molar-refractivity contribution in [1.82, 2.24) is 21.3 Å². The van der Waals surface area contributed by atoms with Crippen molar-refractivity contribution in [2.75, 3.05) is 32.7 Å². The molecule has 0 spiro atoms. The molecular weight excluding hydrogens is 713 g/mol. The number of aliphatic carboxylic acids is 1. The molecule has 0 aromatic heterocycles. The van der Waals surface area contributed by atoms with Crippen molar-refractivity contribution >= 4 is 29.6 Å². The molecule has 0 heterocycles. The van der Waals surface area contributed by atoms with Crippen LogP contribution in [-0.2, 0) is 24.0 Å². The van der Waals surface area contributed by atoms with Gasteiger partial charge in [-0.05, 0) is 96.7 Å². The van der Waals surface area contributed by atoms with Gasteiger partial charge in [0.2, 0.25) is 23.6 Å². The van der Waals surface area contributed by atoms with Crippen LogP contribution in [0.25, 0.3) is 0 Å². The molecule has 0 aliphatic carbocycles. The van der Waals surface area contributed by atoms with Gasteiger partial charge in [-0.2, -0.15) is 0 Å². The summed E-state index contributed by atoms with van der Waals surface area (Å²) in [5, 5.41) is 20.9. The van der Waals surface area contributed by atoms with Gasteiger partial charge in [0.15, 0.2) is 0 Å². The summed E-state index contributed by atoms with van der Waals surface area (Å²) in [7, 11) is 0. The third kappa shape index (κ3) is 33.3. The first kappa shape index (κ1) is 53.2. The zero-order valence-electron chi connectivity index (χ0n) is 35.1. The lowest BCUT2D eigenvalue weighted by Gasteiger charge is -2.18. The SMILES string of the molecule is NCCCCC(N)C(=O)NCCCCCCCCCCCC(=O)NC(CCCCN)C(=O)NCCCCCCCCCCCC(=O)NC(CCCCN)C(=O)O. The zero-order chi connectivity index (χ0) is 41.5. The Labute approximate surface area is 339 Å². The van der Waals surface area contributed by atoms with Crippen molar-refractivity contribution in [2.24, 2.45) is 22.9 Å². The predicted molar refractivity (Wildman–Crippen MR) is 227 cm³/mol. The maximum Gasteiger partial charge on any atom is 0.326 e. The first-order valence-electron chi connectivity index (χ1n) is 22.4. The van der Waals surface area contributed by atoms with Gasteiger partial charge in [-0.15, -0.1) is 0 Å². The topological polar surface area (TPSA) is 258 Å². The summed E-state index contributed by atoms with van der Waals surface area (Å²) >= 11 is 0. The van der Waals surface area contributed by atoms with E-state index in [1.165, 1.54) is 12.8 Å². The highest BCUT2D eigenvalue weighted by atomic mass is 16.4. The van der Waals surface area contributed by atoms with Crippen molar-refractivity contribution in [1.29, 1.82) is 0 Å². The van der Waals surface area contributed by atoms with E-state index in [-0.39, 0.29) is 23.6 Å². The highest BCUT2D eigenvalue weighted by molar-refractivity contribution is 5.87. The van der Waals surface area contributed by atoms with Crippen LogP contribution in [0.2, 0.25) is 0 Å². The van der Waals surface area contributed by atoms with Crippen LogP contribution in [0, 0.1) is 0 Å². The number of hydrogen-bond donors (Lipinski definition) is 9. The molecule has 13 N–H and O–H groups in total. The van der Waals surface area contributed by atoms with Gasteiger partial charge in [-0.25, -0.2) is 4.79 Å². The summed E-state index contributed by atoms with van der Waals surface area (Å²) in [6.45, 7) is 2.98. The Morgan fingerprint density at radius 3 is 1.16 bits per heavy atom. The number of carbonyl (C=O) groups is 5. The molecule has 3 atom stereocenters. The lowest BCUT2D eigenvalue weighted by Crippen LogP contribution is -2.47. The molecule has 0 saturated carbocycles. The molecule has 0 rings (SSSR count). The Hall–Kier alpha value is -2.81. The summed E-state index contributed by atoms with van der Waals surface area (Å²) in [6, 6.07) is -1.80. The Kier molecular flexibility index (Phi) is 37.1. The Morgan fingerprint density at radius 2 is 0.750 bits per heavy atom. The molecule has 14 nitrogen and oxygen atoms in total. The van der Waals surface area contributed by atoms with E-state index in [0.29, 0.717) is 71.2 Å². The lowest BCUT2D eigenvalue weighted by molar-refractivity contribution is -0.142. The molecular formula is C42H84N8O6. The fourth-order valence-electron chi connectivity index (χ4n) is 6.66. The third-order valence-corrected chi connectivity index (χ3v) is 10.2. The van der Waals surface area contributed by atoms with Crippen molar-refractivity contribution < 1.29 is 29.1 Å². The van der Waals surface area contributed by atoms with E-state index in [1.807, 2.05) is 0 Å². The van der Waals surface area contributed by atoms with E-state index >= 15 is 0 Å². The van der Waals surface area contributed by atoms with Gasteiger partial charge in [-0.1, -0.05) is 96.3 Å². The second-order valence-corrected chi connectivity index (χ2v) is 15.5. The number of rotatable bonds is 41. The molecule has 0 aromatic rings. The largest absolute Gasteiger partial charge is 0.480 e. The molecule has 4 amide bonds. The minimum atomic E-state index is -0.995. The number of hydrogen-bond acceptors (Lipinski definition) is 9. The van der Waals surface area contributed by atoms with Crippen molar-refractivity contribution in [2.45, 2.75) is 204 Å². The van der Waals surface area contributed by atoms with Crippen LogP contribution in [0.5, 0.6) is 0 Å². The van der Waals surface area contributed by atoms with Crippen LogP contribution in [0.1, 0.15) is 186 Å². The van der Waals surface area contributed by atoms with Gasteiger partial charge in [0.1, 0.15) is 12.1 Å². The van der Waals surface area contributed by atoms with Crippen molar-refractivity contribution in [3.05, 3.63) is 0 Å². The average Bonchev–Trinajstić information content (AvgIpc) is 3.17. The minimum absolute atomic E-state index is 0.0642. The van der Waals surface area contributed by atoms with Crippen LogP contribution < -0.4 is 44.2 Å². The number of nitrogens with two attached hydrogens (primary N) is 4. The Bertz CT molecular complexity index is 1000. The van der Waals surface area contributed by atoms with Crippen molar-refractivity contribution in [3.63, 3.8) is 0 Å². The molecule has 56 heavy (non-hydrogen) atoms. The minimum Gasteiger partial charge on any atom is -0.480 e. The van der Waals surface area contributed by atoms with E-state index in [1.54, 1.807) is 0 Å². The maximum atomic E-state index is 12.9. The molecule has 0 radical (unpaired) electrons. The molecule has 328 valence electrons. The number of carboxylic acid groups (broad SMARTS) is 1. The van der Waals surface area contributed by atoms with E-state index in [2.05, 4.69) is 21.3 Å². The molecule has 0 aromatic carbocycles. The quantitative estimate of drug-likeness (QED) is 0.0382. The normalized spacial score (nSPS) is 12.8. The Morgan fingerprint density at radius 1 is 0.411 bits per heavy atom. The van der Waals surface area contributed by atoms with Crippen LogP contribution in [0.4, 0.5) is 0 Å². The summed E-state index contributed by atoms with van der Waals surface area (Å²) in [5.74, 6) is -1.44. The predicted octanol–water partition coefficient (Wildman–Crippen LogP) is 4.79. The second kappa shape index (κ2) is 39.0. The highest BCUT2D eigenvalue weighted by Crippen LogP contribution is 2.13. The number of unbranched alkanes of at least 4 members (excludes halogenated alkanes) is 19. The first-order valence-corrected chi connectivity index (χ1v) is 22.4. The van der Waals surface area contributed by atoms with E-state index < -0.39 is 24.1 Å². The maximum absolute atomic E-state index is 12.9. The van der Waals surface area contributed by atoms with Gasteiger partial charge < -0.3 is 49.3 Å². The fourth-order valence-corrected chi connectivity index (χ4v) is 6.66. The Balaban J connectivity index is 3.94. The summed E-state index contributed by atoms with van der Waals surface area (Å²) in [4.78, 5) is 61.1. The molecule has 0 bridgehead atoms. The van der Waals surface area contributed by atoms with Gasteiger partial charge in [0.25, 0.3) is 0 Å². The number of nitrogens with one attached hydrogen (secondary N) is 4. The summed E-state index contributed by atoms with van der Waals surface area (Å²) in [5.41, 5.74) is 22.5. The van der Waals surface area contributed by atoms with Crippen LogP contribution in [0.15, 0.2) is 0 Å². The average molecular weight is 797 g/mol. The van der Waals surface area contributed by atoms with E-state index in [4.69, 9.17) is 22.9 Å². The van der Waals surface area contributed by atoms with Crippen LogP contribution in [-0.4, -0.2) is 85.6 Å². The second-order valence-electron chi connectivity index (χ2n) is 15.5. The molecule has 0 fully saturated rings. The van der Waals surface area contributed by atoms with E-state index in [9.17, 15) is 29.1 Å². The fraction of sp³-hybridized carbons (Fsp3) is 0.881. The molecule has 14 heteroatoms. The first-order chi connectivity index (χ1) is 27.2. The molecule has 0 aliphatic rings. The lowest BCUT2D eigenvalue weighted by atomic mass is 10.1. The van der Waals surface area contributed by atoms with Crippen LogP contribution >= 0.6 is 0 Å². The highest BCUT2D eigenvalue weighted by Gasteiger charge is 2.20. The molecule has 0 saturated heterocycles. The van der Waals surface area contributed by atoms with Crippen LogP contribution in [0.3, 0.4) is 0 Å². The smallest absolute Gasteiger partial charge is 0.326 e. The monoisotopic (exact) mass is 797 g/mol.